The van der Waals surface area contributed by atoms with Gasteiger partial charge in [0.2, 0.25) is 11.9 Å². The molecule has 0 aromatic carbocycles. The summed E-state index contributed by atoms with van der Waals surface area (Å²) in [5.74, 6) is 2.29. The van der Waals surface area contributed by atoms with Gasteiger partial charge >= 0.3 is 0 Å². The molecule has 1 saturated carbocycles. The Bertz CT molecular complexity index is 321. The number of anilines is 2. The molecule has 0 atom stereocenters. The van der Waals surface area contributed by atoms with Crippen LogP contribution in [0, 0.1) is 0 Å². The molecule has 1 aliphatic carbocycles. The lowest BCUT2D eigenvalue weighted by molar-refractivity contribution is 0.878. The highest BCUT2D eigenvalue weighted by atomic mass is 15.2. The summed E-state index contributed by atoms with van der Waals surface area (Å²) in [5.41, 5.74) is 5.59. The van der Waals surface area contributed by atoms with Crippen molar-refractivity contribution < 1.29 is 0 Å². The van der Waals surface area contributed by atoms with E-state index < -0.39 is 0 Å². The van der Waals surface area contributed by atoms with Gasteiger partial charge in [0.15, 0.2) is 0 Å². The molecule has 3 N–H and O–H groups in total. The van der Waals surface area contributed by atoms with Crippen LogP contribution in [0.3, 0.4) is 0 Å². The molecule has 1 fully saturated rings. The summed E-state index contributed by atoms with van der Waals surface area (Å²) in [6.45, 7) is 2.97. The van der Waals surface area contributed by atoms with Crippen LogP contribution >= 0.6 is 0 Å². The fraction of sp³-hybridized carbons (Fsp3) is 0.667. The van der Waals surface area contributed by atoms with Crippen LogP contribution in [0.5, 0.6) is 0 Å². The third-order valence-electron chi connectivity index (χ3n) is 2.15. The monoisotopic (exact) mass is 193 g/mol. The summed E-state index contributed by atoms with van der Waals surface area (Å²) in [5, 5.41) is 3.12. The van der Waals surface area contributed by atoms with Gasteiger partial charge < -0.3 is 11.1 Å². The standard InChI is InChI=1S/C9H15N5/c1-2-5-11-9-13-7(6-3-4-6)12-8(10)14-9/h6H,2-5H2,1H3,(H3,10,11,12,13,14). The number of rotatable bonds is 4. The molecule has 2 rings (SSSR count). The van der Waals surface area contributed by atoms with Crippen LogP contribution < -0.4 is 11.1 Å². The first-order chi connectivity index (χ1) is 6.79. The maximum Gasteiger partial charge on any atom is 0.227 e. The molecule has 5 heteroatoms. The minimum Gasteiger partial charge on any atom is -0.368 e. The number of aromatic nitrogens is 3. The second kappa shape index (κ2) is 3.77. The first kappa shape index (κ1) is 9.18. The summed E-state index contributed by atoms with van der Waals surface area (Å²) < 4.78 is 0. The van der Waals surface area contributed by atoms with Gasteiger partial charge in [-0.15, -0.1) is 0 Å². The van der Waals surface area contributed by atoms with Gasteiger partial charge in [0.05, 0.1) is 0 Å². The molecule has 0 spiro atoms. The fourth-order valence-corrected chi connectivity index (χ4v) is 1.25. The quantitative estimate of drug-likeness (QED) is 0.750. The zero-order chi connectivity index (χ0) is 9.97. The van der Waals surface area contributed by atoms with Gasteiger partial charge in [-0.3, -0.25) is 0 Å². The second-order valence-electron chi connectivity index (χ2n) is 3.58. The highest BCUT2D eigenvalue weighted by Crippen LogP contribution is 2.38. The number of hydrogen-bond acceptors (Lipinski definition) is 5. The van der Waals surface area contributed by atoms with E-state index in [0.717, 1.165) is 18.8 Å². The average molecular weight is 193 g/mol. The van der Waals surface area contributed by atoms with Crippen LogP contribution in [0.15, 0.2) is 0 Å². The lowest BCUT2D eigenvalue weighted by Gasteiger charge is -2.04. The molecule has 0 unspecified atom stereocenters. The minimum atomic E-state index is 0.320. The number of nitrogens with one attached hydrogen (secondary N) is 1. The van der Waals surface area contributed by atoms with Gasteiger partial charge in [0.1, 0.15) is 5.82 Å². The van der Waals surface area contributed by atoms with E-state index >= 15 is 0 Å². The predicted molar refractivity (Wildman–Crippen MR) is 55.0 cm³/mol. The van der Waals surface area contributed by atoms with Gasteiger partial charge in [-0.1, -0.05) is 6.92 Å². The molecule has 1 aromatic rings. The van der Waals surface area contributed by atoms with Crippen molar-refractivity contribution in [1.82, 2.24) is 15.0 Å². The molecule has 14 heavy (non-hydrogen) atoms. The first-order valence-corrected chi connectivity index (χ1v) is 5.05. The molecule has 0 radical (unpaired) electrons. The van der Waals surface area contributed by atoms with E-state index in [9.17, 15) is 0 Å². The first-order valence-electron chi connectivity index (χ1n) is 5.05. The maximum atomic E-state index is 5.59. The van der Waals surface area contributed by atoms with Crippen LogP contribution in [0.25, 0.3) is 0 Å². The van der Waals surface area contributed by atoms with Crippen LogP contribution in [-0.4, -0.2) is 21.5 Å². The van der Waals surface area contributed by atoms with E-state index in [1.807, 2.05) is 0 Å². The third kappa shape index (κ3) is 2.10. The SMILES string of the molecule is CCCNc1nc(N)nc(C2CC2)n1. The van der Waals surface area contributed by atoms with E-state index in [4.69, 9.17) is 5.73 Å². The van der Waals surface area contributed by atoms with Crippen LogP contribution in [-0.2, 0) is 0 Å². The van der Waals surface area contributed by atoms with E-state index in [2.05, 4.69) is 27.2 Å². The van der Waals surface area contributed by atoms with Crippen molar-refractivity contribution in [3.05, 3.63) is 5.82 Å². The summed E-state index contributed by atoms with van der Waals surface area (Å²) in [4.78, 5) is 12.5. The van der Waals surface area contributed by atoms with Crippen molar-refractivity contribution in [3.8, 4) is 0 Å². The van der Waals surface area contributed by atoms with Crippen molar-refractivity contribution in [3.63, 3.8) is 0 Å². The molecule has 0 aliphatic heterocycles. The van der Waals surface area contributed by atoms with E-state index in [1.54, 1.807) is 0 Å². The number of nitrogens with zero attached hydrogens (tertiary/aromatic N) is 3. The third-order valence-corrected chi connectivity index (χ3v) is 2.15. The van der Waals surface area contributed by atoms with Crippen molar-refractivity contribution in [2.24, 2.45) is 0 Å². The Morgan fingerprint density at radius 3 is 2.79 bits per heavy atom. The van der Waals surface area contributed by atoms with E-state index in [-0.39, 0.29) is 0 Å². The lowest BCUT2D eigenvalue weighted by atomic mass is 10.4. The highest BCUT2D eigenvalue weighted by Gasteiger charge is 2.27. The molecule has 0 saturated heterocycles. The molecule has 1 aromatic heterocycles. The van der Waals surface area contributed by atoms with Crippen molar-refractivity contribution in [2.45, 2.75) is 32.1 Å². The van der Waals surface area contributed by atoms with Crippen molar-refractivity contribution in [2.75, 3.05) is 17.6 Å². The number of nitrogens with two attached hydrogens (primary N) is 1. The smallest absolute Gasteiger partial charge is 0.227 e. The van der Waals surface area contributed by atoms with Gasteiger partial charge in [-0.2, -0.15) is 15.0 Å². The van der Waals surface area contributed by atoms with Crippen LogP contribution in [0.4, 0.5) is 11.9 Å². The summed E-state index contributed by atoms with van der Waals surface area (Å²) >= 11 is 0. The van der Waals surface area contributed by atoms with Gasteiger partial charge in [0, 0.05) is 12.5 Å². The van der Waals surface area contributed by atoms with Crippen LogP contribution in [0.2, 0.25) is 0 Å². The second-order valence-corrected chi connectivity index (χ2v) is 3.58. The molecule has 1 heterocycles. The van der Waals surface area contributed by atoms with Gasteiger partial charge in [-0.05, 0) is 19.3 Å². The number of hydrogen-bond donors (Lipinski definition) is 2. The molecule has 76 valence electrons. The zero-order valence-electron chi connectivity index (χ0n) is 8.32. The Hall–Kier alpha value is -1.39. The minimum absolute atomic E-state index is 0.320. The van der Waals surface area contributed by atoms with Gasteiger partial charge in [-0.25, -0.2) is 0 Å². The normalized spacial score (nSPS) is 15.5. The Labute approximate surface area is 83.2 Å². The Balaban J connectivity index is 2.13. The number of nitrogen functional groups attached to an aromatic ring is 1. The van der Waals surface area contributed by atoms with E-state index in [0.29, 0.717) is 17.8 Å². The molecule has 0 amide bonds. The average Bonchev–Trinajstić information content (AvgIpc) is 2.97. The Morgan fingerprint density at radius 2 is 2.14 bits per heavy atom. The molecule has 1 aliphatic rings. The lowest BCUT2D eigenvalue weighted by Crippen LogP contribution is -2.09. The molecular formula is C9H15N5. The highest BCUT2D eigenvalue weighted by molar-refractivity contribution is 5.32. The van der Waals surface area contributed by atoms with Crippen LogP contribution in [0.1, 0.15) is 37.9 Å². The summed E-state index contributed by atoms with van der Waals surface area (Å²) in [6.07, 6.45) is 3.40. The topological polar surface area (TPSA) is 76.7 Å². The fourth-order valence-electron chi connectivity index (χ4n) is 1.25. The largest absolute Gasteiger partial charge is 0.368 e. The molecular weight excluding hydrogens is 178 g/mol. The zero-order valence-corrected chi connectivity index (χ0v) is 8.32. The maximum absolute atomic E-state index is 5.59. The predicted octanol–water partition coefficient (Wildman–Crippen LogP) is 1.15. The molecule has 5 nitrogen and oxygen atoms in total. The van der Waals surface area contributed by atoms with Crippen molar-refractivity contribution >= 4 is 11.9 Å². The summed E-state index contributed by atoms with van der Waals surface area (Å²) in [6, 6.07) is 0. The van der Waals surface area contributed by atoms with Gasteiger partial charge in [0.25, 0.3) is 0 Å². The Kier molecular flexibility index (Phi) is 2.47. The molecule has 0 bridgehead atoms. The summed E-state index contributed by atoms with van der Waals surface area (Å²) in [7, 11) is 0. The van der Waals surface area contributed by atoms with E-state index in [1.165, 1.54) is 12.8 Å². The van der Waals surface area contributed by atoms with Crippen molar-refractivity contribution in [1.29, 1.82) is 0 Å². The Morgan fingerprint density at radius 1 is 1.36 bits per heavy atom.